The largest absolute Gasteiger partial charge is 0.313 e. The molecule has 0 aromatic carbocycles. The first-order chi connectivity index (χ1) is 9.31. The van der Waals surface area contributed by atoms with Crippen LogP contribution in [-0.4, -0.2) is 40.4 Å². The van der Waals surface area contributed by atoms with Gasteiger partial charge in [0.05, 0.1) is 6.20 Å². The predicted molar refractivity (Wildman–Crippen MR) is 79.1 cm³/mol. The molecule has 0 saturated carbocycles. The molecule has 4 nitrogen and oxygen atoms in total. The summed E-state index contributed by atoms with van der Waals surface area (Å²) in [5.41, 5.74) is 1.35. The first-order valence-electron chi connectivity index (χ1n) is 7.79. The Hall–Kier alpha value is -0.870. The minimum Gasteiger partial charge on any atom is -0.313 e. The van der Waals surface area contributed by atoms with Crippen molar-refractivity contribution in [2.45, 2.75) is 58.7 Å². The molecular formula is C15H28N4. The van der Waals surface area contributed by atoms with E-state index >= 15 is 0 Å². The number of nitrogens with zero attached hydrogens (tertiary/aromatic N) is 3. The smallest absolute Gasteiger partial charge is 0.0534 e. The van der Waals surface area contributed by atoms with Crippen LogP contribution in [0.3, 0.4) is 0 Å². The van der Waals surface area contributed by atoms with Gasteiger partial charge in [-0.05, 0) is 38.8 Å². The van der Waals surface area contributed by atoms with Crippen LogP contribution in [0.15, 0.2) is 12.4 Å². The molecule has 0 bridgehead atoms. The molecule has 1 aliphatic heterocycles. The van der Waals surface area contributed by atoms with Crippen LogP contribution in [0.2, 0.25) is 0 Å². The van der Waals surface area contributed by atoms with E-state index in [2.05, 4.69) is 40.0 Å². The highest BCUT2D eigenvalue weighted by atomic mass is 15.3. The molecule has 1 aliphatic rings. The van der Waals surface area contributed by atoms with Gasteiger partial charge in [-0.2, -0.15) is 5.10 Å². The Balaban J connectivity index is 1.86. The third kappa shape index (κ3) is 4.62. The van der Waals surface area contributed by atoms with Crippen LogP contribution >= 0.6 is 0 Å². The van der Waals surface area contributed by atoms with Gasteiger partial charge in [-0.3, -0.25) is 9.58 Å². The summed E-state index contributed by atoms with van der Waals surface area (Å²) in [6.45, 7) is 10.1. The maximum absolute atomic E-state index is 4.43. The van der Waals surface area contributed by atoms with Crippen molar-refractivity contribution in [3.63, 3.8) is 0 Å². The molecule has 2 heterocycles. The number of hydrogen-bond donors (Lipinski definition) is 1. The second-order valence-electron chi connectivity index (χ2n) is 5.64. The van der Waals surface area contributed by atoms with E-state index in [0.29, 0.717) is 6.04 Å². The van der Waals surface area contributed by atoms with Crippen LogP contribution in [0.4, 0.5) is 0 Å². The maximum atomic E-state index is 4.43. The minimum atomic E-state index is 0.692. The fourth-order valence-electron chi connectivity index (χ4n) is 2.87. The summed E-state index contributed by atoms with van der Waals surface area (Å²) in [4.78, 5) is 2.57. The highest BCUT2D eigenvalue weighted by molar-refractivity contribution is 5.03. The Morgan fingerprint density at radius 2 is 2.32 bits per heavy atom. The second-order valence-corrected chi connectivity index (χ2v) is 5.64. The van der Waals surface area contributed by atoms with Crippen LogP contribution in [0.25, 0.3) is 0 Å². The van der Waals surface area contributed by atoms with E-state index in [9.17, 15) is 0 Å². The summed E-state index contributed by atoms with van der Waals surface area (Å²) >= 11 is 0. The Morgan fingerprint density at radius 1 is 1.42 bits per heavy atom. The molecule has 1 unspecified atom stereocenters. The molecule has 0 radical (unpaired) electrons. The average molecular weight is 264 g/mol. The quantitative estimate of drug-likeness (QED) is 0.782. The van der Waals surface area contributed by atoms with Crippen molar-refractivity contribution in [2.24, 2.45) is 0 Å². The summed E-state index contributed by atoms with van der Waals surface area (Å²) in [6.07, 6.45) is 9.25. The minimum absolute atomic E-state index is 0.692. The molecular weight excluding hydrogens is 236 g/mol. The van der Waals surface area contributed by atoms with E-state index in [0.717, 1.165) is 19.5 Å². The highest BCUT2D eigenvalue weighted by Crippen LogP contribution is 2.11. The van der Waals surface area contributed by atoms with Gasteiger partial charge in [-0.25, -0.2) is 0 Å². The Labute approximate surface area is 117 Å². The predicted octanol–water partition coefficient (Wildman–Crippen LogP) is 2.26. The van der Waals surface area contributed by atoms with Gasteiger partial charge in [0.1, 0.15) is 0 Å². The molecule has 0 aliphatic carbocycles. The van der Waals surface area contributed by atoms with Crippen LogP contribution in [-0.2, 0) is 13.1 Å². The monoisotopic (exact) mass is 264 g/mol. The molecule has 2 rings (SSSR count). The summed E-state index contributed by atoms with van der Waals surface area (Å²) < 4.78 is 2.06. The van der Waals surface area contributed by atoms with Crippen molar-refractivity contribution in [1.29, 1.82) is 0 Å². The first-order valence-corrected chi connectivity index (χ1v) is 7.79. The summed E-state index contributed by atoms with van der Waals surface area (Å²) in [6, 6.07) is 0.692. The first kappa shape index (κ1) is 14.5. The highest BCUT2D eigenvalue weighted by Gasteiger charge is 2.17. The molecule has 1 N–H and O–H groups in total. The van der Waals surface area contributed by atoms with E-state index in [1.807, 2.05) is 6.20 Å². The third-order valence-corrected chi connectivity index (χ3v) is 3.73. The van der Waals surface area contributed by atoms with Gasteiger partial charge >= 0.3 is 0 Å². The SMILES string of the molecule is CCCN(Cc1cnn(CCC)c1)CC1CCCN1. The van der Waals surface area contributed by atoms with Crippen LogP contribution < -0.4 is 5.32 Å². The Morgan fingerprint density at radius 3 is 3.00 bits per heavy atom. The fourth-order valence-corrected chi connectivity index (χ4v) is 2.87. The van der Waals surface area contributed by atoms with Gasteiger partial charge in [-0.15, -0.1) is 0 Å². The molecule has 0 spiro atoms. The van der Waals surface area contributed by atoms with Crippen LogP contribution in [0, 0.1) is 0 Å². The molecule has 1 aromatic heterocycles. The molecule has 1 aromatic rings. The Bertz CT molecular complexity index is 355. The summed E-state index contributed by atoms with van der Waals surface area (Å²) in [7, 11) is 0. The van der Waals surface area contributed by atoms with Gasteiger partial charge < -0.3 is 5.32 Å². The van der Waals surface area contributed by atoms with E-state index in [1.165, 1.54) is 44.5 Å². The van der Waals surface area contributed by atoms with Gasteiger partial charge in [0.2, 0.25) is 0 Å². The topological polar surface area (TPSA) is 33.1 Å². The fraction of sp³-hybridized carbons (Fsp3) is 0.800. The number of aryl methyl sites for hydroxylation is 1. The van der Waals surface area contributed by atoms with E-state index in [1.54, 1.807) is 0 Å². The van der Waals surface area contributed by atoms with Crippen molar-refractivity contribution in [2.75, 3.05) is 19.6 Å². The standard InChI is InChI=1S/C15H28N4/c1-3-8-18(13-15-6-5-7-16-15)11-14-10-17-19(12-14)9-4-2/h10,12,15-16H,3-9,11,13H2,1-2H3. The van der Waals surface area contributed by atoms with Gasteiger partial charge in [0.25, 0.3) is 0 Å². The lowest BCUT2D eigenvalue weighted by Gasteiger charge is -2.24. The zero-order valence-electron chi connectivity index (χ0n) is 12.4. The zero-order chi connectivity index (χ0) is 13.5. The molecule has 19 heavy (non-hydrogen) atoms. The number of aromatic nitrogens is 2. The van der Waals surface area contributed by atoms with Gasteiger partial charge in [0.15, 0.2) is 0 Å². The number of hydrogen-bond acceptors (Lipinski definition) is 3. The normalized spacial score (nSPS) is 19.4. The molecule has 0 amide bonds. The van der Waals surface area contributed by atoms with Crippen molar-refractivity contribution >= 4 is 0 Å². The van der Waals surface area contributed by atoms with Crippen LogP contribution in [0.1, 0.15) is 45.1 Å². The van der Waals surface area contributed by atoms with Crippen molar-refractivity contribution in [1.82, 2.24) is 20.0 Å². The number of rotatable bonds is 8. The summed E-state index contributed by atoms with van der Waals surface area (Å²) in [5.74, 6) is 0. The van der Waals surface area contributed by atoms with E-state index in [-0.39, 0.29) is 0 Å². The molecule has 1 atom stereocenters. The van der Waals surface area contributed by atoms with Crippen molar-refractivity contribution in [3.05, 3.63) is 18.0 Å². The summed E-state index contributed by atoms with van der Waals surface area (Å²) in [5, 5.41) is 8.02. The van der Waals surface area contributed by atoms with Gasteiger partial charge in [-0.1, -0.05) is 13.8 Å². The third-order valence-electron chi connectivity index (χ3n) is 3.73. The Kier molecular flexibility index (Phi) is 5.86. The zero-order valence-corrected chi connectivity index (χ0v) is 12.4. The molecule has 1 fully saturated rings. The maximum Gasteiger partial charge on any atom is 0.0534 e. The van der Waals surface area contributed by atoms with E-state index in [4.69, 9.17) is 0 Å². The molecule has 1 saturated heterocycles. The lowest BCUT2D eigenvalue weighted by molar-refractivity contribution is 0.241. The average Bonchev–Trinajstić information content (AvgIpc) is 3.02. The lowest BCUT2D eigenvalue weighted by Crippen LogP contribution is -2.37. The second kappa shape index (κ2) is 7.65. The van der Waals surface area contributed by atoms with Crippen molar-refractivity contribution in [3.8, 4) is 0 Å². The van der Waals surface area contributed by atoms with Crippen LogP contribution in [0.5, 0.6) is 0 Å². The molecule has 108 valence electrons. The number of nitrogens with one attached hydrogen (secondary N) is 1. The van der Waals surface area contributed by atoms with E-state index < -0.39 is 0 Å². The van der Waals surface area contributed by atoms with Gasteiger partial charge in [0, 0.05) is 37.4 Å². The lowest BCUT2D eigenvalue weighted by atomic mass is 10.2. The molecule has 4 heteroatoms. The van der Waals surface area contributed by atoms with Crippen molar-refractivity contribution < 1.29 is 0 Å².